The molecule has 2 aliphatic heterocycles. The molecule has 13 heteroatoms. The van der Waals surface area contributed by atoms with E-state index in [2.05, 4.69) is 20.6 Å². The molecule has 0 aliphatic carbocycles. The van der Waals surface area contributed by atoms with Gasteiger partial charge in [0.15, 0.2) is 0 Å². The Hall–Kier alpha value is -3.06. The average molecular weight is 457 g/mol. The van der Waals surface area contributed by atoms with Gasteiger partial charge in [-0.25, -0.2) is 9.48 Å². The van der Waals surface area contributed by atoms with Crippen LogP contribution in [-0.4, -0.2) is 69.0 Å². The number of ether oxygens (including phenoxy) is 2. The van der Waals surface area contributed by atoms with E-state index in [1.807, 2.05) is 16.8 Å². The predicted molar refractivity (Wildman–Crippen MR) is 102 cm³/mol. The molecule has 4 heterocycles. The molecule has 2 aliphatic rings. The third kappa shape index (κ3) is 6.23. The normalized spacial score (nSPS) is 20.5. The van der Waals surface area contributed by atoms with Gasteiger partial charge in [-0.3, -0.25) is 9.78 Å². The van der Waals surface area contributed by atoms with Gasteiger partial charge in [0, 0.05) is 43.6 Å². The maximum Gasteiger partial charge on any atom is 0.490 e. The number of halogens is 3. The van der Waals surface area contributed by atoms with Crippen molar-refractivity contribution < 1.29 is 37.3 Å². The van der Waals surface area contributed by atoms with Crippen LogP contribution in [0, 0.1) is 5.92 Å². The SMILES string of the molecule is O=C(NCC1COCc2c(-c3ccncc3)nnn2C1)[C@H]1CCCO1.O=C(O)C(F)(F)F. The summed E-state index contributed by atoms with van der Waals surface area (Å²) in [4.78, 5) is 25.0. The fourth-order valence-electron chi connectivity index (χ4n) is 3.24. The van der Waals surface area contributed by atoms with Crippen molar-refractivity contribution in [2.24, 2.45) is 5.92 Å². The quantitative estimate of drug-likeness (QED) is 0.706. The molecule has 2 atom stereocenters. The number of fused-ring (bicyclic) bond motifs is 1. The molecule has 1 saturated heterocycles. The third-order valence-electron chi connectivity index (χ3n) is 4.84. The first kappa shape index (κ1) is 23.6. The largest absolute Gasteiger partial charge is 0.490 e. The van der Waals surface area contributed by atoms with Crippen molar-refractivity contribution in [3.05, 3.63) is 30.2 Å². The van der Waals surface area contributed by atoms with Crippen molar-refractivity contribution in [1.82, 2.24) is 25.3 Å². The van der Waals surface area contributed by atoms with Crippen LogP contribution in [0.2, 0.25) is 0 Å². The second-order valence-corrected chi connectivity index (χ2v) is 7.23. The summed E-state index contributed by atoms with van der Waals surface area (Å²) in [5, 5.41) is 18.7. The lowest BCUT2D eigenvalue weighted by Crippen LogP contribution is -2.38. The van der Waals surface area contributed by atoms with Gasteiger partial charge >= 0.3 is 12.1 Å². The molecule has 0 spiro atoms. The first-order chi connectivity index (χ1) is 15.3. The number of carboxylic acids is 1. The van der Waals surface area contributed by atoms with Crippen LogP contribution in [0.1, 0.15) is 18.5 Å². The molecule has 174 valence electrons. The number of carboxylic acid groups (broad SMARTS) is 1. The van der Waals surface area contributed by atoms with Crippen LogP contribution < -0.4 is 5.32 Å². The Labute approximate surface area is 180 Å². The van der Waals surface area contributed by atoms with Gasteiger partial charge in [0.2, 0.25) is 5.91 Å². The minimum absolute atomic E-state index is 0.0296. The van der Waals surface area contributed by atoms with E-state index >= 15 is 0 Å². The summed E-state index contributed by atoms with van der Waals surface area (Å²) in [6, 6.07) is 3.82. The lowest BCUT2D eigenvalue weighted by molar-refractivity contribution is -0.192. The fourth-order valence-corrected chi connectivity index (χ4v) is 3.24. The summed E-state index contributed by atoms with van der Waals surface area (Å²) in [6.45, 7) is 2.91. The van der Waals surface area contributed by atoms with Gasteiger partial charge in [0.05, 0.1) is 18.9 Å². The smallest absolute Gasteiger partial charge is 0.475 e. The van der Waals surface area contributed by atoms with E-state index in [0.29, 0.717) is 32.9 Å². The van der Waals surface area contributed by atoms with Crippen LogP contribution in [0.5, 0.6) is 0 Å². The van der Waals surface area contributed by atoms with Crippen molar-refractivity contribution in [2.75, 3.05) is 19.8 Å². The Bertz CT molecular complexity index is 916. The average Bonchev–Trinajstić information content (AvgIpc) is 3.39. The van der Waals surface area contributed by atoms with E-state index in [1.165, 1.54) is 0 Å². The molecule has 0 radical (unpaired) electrons. The van der Waals surface area contributed by atoms with Crippen LogP contribution in [0.15, 0.2) is 24.5 Å². The van der Waals surface area contributed by atoms with Crippen molar-refractivity contribution in [3.63, 3.8) is 0 Å². The van der Waals surface area contributed by atoms with Crippen LogP contribution in [0.25, 0.3) is 11.3 Å². The number of alkyl halides is 3. The molecule has 1 amide bonds. The zero-order chi connectivity index (χ0) is 23.1. The molecule has 0 saturated carbocycles. The van der Waals surface area contributed by atoms with Crippen LogP contribution >= 0.6 is 0 Å². The Morgan fingerprint density at radius 3 is 2.62 bits per heavy atom. The van der Waals surface area contributed by atoms with Crippen LogP contribution in [-0.2, 0) is 32.2 Å². The Morgan fingerprint density at radius 1 is 1.28 bits per heavy atom. The number of pyridine rings is 1. The number of carbonyl (C=O) groups excluding carboxylic acids is 1. The van der Waals surface area contributed by atoms with Crippen LogP contribution in [0.3, 0.4) is 0 Å². The number of carbonyl (C=O) groups is 2. The Kier molecular flexibility index (Phi) is 7.75. The molecule has 10 nitrogen and oxygen atoms in total. The van der Waals surface area contributed by atoms with Crippen molar-refractivity contribution in [3.8, 4) is 11.3 Å². The second kappa shape index (κ2) is 10.5. The second-order valence-electron chi connectivity index (χ2n) is 7.23. The first-order valence-electron chi connectivity index (χ1n) is 9.85. The molecule has 1 unspecified atom stereocenters. The summed E-state index contributed by atoms with van der Waals surface area (Å²) in [7, 11) is 0. The minimum Gasteiger partial charge on any atom is -0.475 e. The van der Waals surface area contributed by atoms with E-state index in [9.17, 15) is 18.0 Å². The molecule has 2 N–H and O–H groups in total. The highest BCUT2D eigenvalue weighted by Gasteiger charge is 2.38. The topological polar surface area (TPSA) is 128 Å². The van der Waals surface area contributed by atoms with Gasteiger partial charge in [0.1, 0.15) is 11.8 Å². The number of amides is 1. The molecular weight excluding hydrogens is 435 g/mol. The van der Waals surface area contributed by atoms with Gasteiger partial charge in [-0.15, -0.1) is 5.10 Å². The van der Waals surface area contributed by atoms with Crippen molar-refractivity contribution >= 4 is 11.9 Å². The molecule has 0 bridgehead atoms. The van der Waals surface area contributed by atoms with Gasteiger partial charge < -0.3 is 19.9 Å². The highest BCUT2D eigenvalue weighted by molar-refractivity contribution is 5.80. The third-order valence-corrected chi connectivity index (χ3v) is 4.84. The monoisotopic (exact) mass is 457 g/mol. The van der Waals surface area contributed by atoms with Gasteiger partial charge in [-0.1, -0.05) is 5.21 Å². The number of aliphatic carboxylic acids is 1. The molecule has 32 heavy (non-hydrogen) atoms. The number of nitrogens with zero attached hydrogens (tertiary/aromatic N) is 4. The highest BCUT2D eigenvalue weighted by atomic mass is 19.4. The molecular formula is C19H22F3N5O5. The number of rotatable bonds is 4. The van der Waals surface area contributed by atoms with Crippen molar-refractivity contribution in [1.29, 1.82) is 0 Å². The fraction of sp³-hybridized carbons (Fsp3) is 0.526. The van der Waals surface area contributed by atoms with E-state index < -0.39 is 12.1 Å². The summed E-state index contributed by atoms with van der Waals surface area (Å²) < 4.78 is 44.8. The highest BCUT2D eigenvalue weighted by Crippen LogP contribution is 2.24. The number of hydrogen-bond donors (Lipinski definition) is 2. The summed E-state index contributed by atoms with van der Waals surface area (Å²) in [5.74, 6) is -2.64. The maximum absolute atomic E-state index is 12.1. The van der Waals surface area contributed by atoms with E-state index in [-0.39, 0.29) is 17.9 Å². The Morgan fingerprint density at radius 2 is 2.00 bits per heavy atom. The first-order valence-corrected chi connectivity index (χ1v) is 9.85. The van der Waals surface area contributed by atoms with Crippen LogP contribution in [0.4, 0.5) is 13.2 Å². The van der Waals surface area contributed by atoms with Gasteiger partial charge in [-0.05, 0) is 25.0 Å². The number of aromatic nitrogens is 4. The van der Waals surface area contributed by atoms with Gasteiger partial charge in [0.25, 0.3) is 0 Å². The zero-order valence-corrected chi connectivity index (χ0v) is 16.9. The molecule has 1 fully saturated rings. The zero-order valence-electron chi connectivity index (χ0n) is 16.9. The molecule has 0 aromatic carbocycles. The summed E-state index contributed by atoms with van der Waals surface area (Å²) in [5.41, 5.74) is 2.76. The lowest BCUT2D eigenvalue weighted by Gasteiger charge is -2.16. The van der Waals surface area contributed by atoms with E-state index in [1.54, 1.807) is 12.4 Å². The Balaban J connectivity index is 0.000000360. The molecule has 2 aromatic rings. The summed E-state index contributed by atoms with van der Waals surface area (Å²) in [6.07, 6.45) is -0.156. The minimum atomic E-state index is -5.08. The summed E-state index contributed by atoms with van der Waals surface area (Å²) >= 11 is 0. The standard InChI is InChI=1S/C17H21N5O3.C2HF3O2/c23-17(15-2-1-7-25-15)19-8-12-9-22-14(11-24-10-12)16(20-21-22)13-3-5-18-6-4-13;3-2(4,5)1(6)7/h3-6,12,15H,1-2,7-11H2,(H,19,23);(H,6,7)/t12?,15-;/m1./s1. The molecule has 2 aromatic heterocycles. The molecule has 4 rings (SSSR count). The lowest BCUT2D eigenvalue weighted by atomic mass is 10.1. The predicted octanol–water partition coefficient (Wildman–Crippen LogP) is 1.41. The van der Waals surface area contributed by atoms with E-state index in [0.717, 1.165) is 29.8 Å². The van der Waals surface area contributed by atoms with Gasteiger partial charge in [-0.2, -0.15) is 13.2 Å². The van der Waals surface area contributed by atoms with Crippen molar-refractivity contribution in [2.45, 2.75) is 38.3 Å². The maximum atomic E-state index is 12.1. The number of nitrogens with one attached hydrogen (secondary N) is 1. The van der Waals surface area contributed by atoms with E-state index in [4.69, 9.17) is 19.4 Å². The number of hydrogen-bond acceptors (Lipinski definition) is 7.